The van der Waals surface area contributed by atoms with Crippen LogP contribution < -0.4 is 5.73 Å². The molecule has 1 atom stereocenters. The van der Waals surface area contributed by atoms with Crippen molar-refractivity contribution in [1.82, 2.24) is 0 Å². The van der Waals surface area contributed by atoms with Crippen LogP contribution in [0.1, 0.15) is 11.1 Å². The van der Waals surface area contributed by atoms with E-state index in [9.17, 15) is 4.21 Å². The van der Waals surface area contributed by atoms with Crippen LogP contribution in [0, 0.1) is 0 Å². The van der Waals surface area contributed by atoms with Crippen molar-refractivity contribution in [3.8, 4) is 0 Å². The lowest BCUT2D eigenvalue weighted by atomic mass is 10.1. The second kappa shape index (κ2) is 5.75. The normalized spacial score (nSPS) is 12.3. The molecule has 0 aliphatic rings. The lowest BCUT2D eigenvalue weighted by molar-refractivity contribution is 0.682. The first-order valence-corrected chi connectivity index (χ1v) is 6.83. The van der Waals surface area contributed by atoms with Gasteiger partial charge in [0.1, 0.15) is 0 Å². The minimum atomic E-state index is -0.974. The van der Waals surface area contributed by atoms with Crippen LogP contribution in [0.3, 0.4) is 0 Å². The molecule has 1 unspecified atom stereocenters. The smallest absolute Gasteiger partial charge is 0.0574 e. The summed E-state index contributed by atoms with van der Waals surface area (Å²) in [6.45, 7) is 0.544. The molecule has 0 heterocycles. The average molecular weight is 245 g/mol. The van der Waals surface area contributed by atoms with Gasteiger partial charge >= 0.3 is 0 Å². The summed E-state index contributed by atoms with van der Waals surface area (Å²) in [4.78, 5) is 0.871. The van der Waals surface area contributed by atoms with Gasteiger partial charge in [0, 0.05) is 11.4 Å². The Balaban J connectivity index is 2.08. The largest absolute Gasteiger partial charge is 0.326 e. The molecule has 17 heavy (non-hydrogen) atoms. The Morgan fingerprint density at radius 3 is 2.06 bits per heavy atom. The average Bonchev–Trinajstić information content (AvgIpc) is 2.40. The summed E-state index contributed by atoms with van der Waals surface area (Å²) in [5.74, 6) is 0.550. The van der Waals surface area contributed by atoms with Crippen molar-refractivity contribution in [2.75, 3.05) is 0 Å². The van der Waals surface area contributed by atoms with Crippen LogP contribution in [0.25, 0.3) is 0 Å². The summed E-state index contributed by atoms with van der Waals surface area (Å²) >= 11 is 0. The molecule has 0 radical (unpaired) electrons. The van der Waals surface area contributed by atoms with E-state index in [1.54, 1.807) is 0 Å². The predicted molar refractivity (Wildman–Crippen MR) is 70.9 cm³/mol. The van der Waals surface area contributed by atoms with Crippen molar-refractivity contribution in [3.05, 3.63) is 65.7 Å². The number of nitrogens with two attached hydrogens (primary N) is 1. The molecule has 2 N–H and O–H groups in total. The fraction of sp³-hybridized carbons (Fsp3) is 0.143. The lowest BCUT2D eigenvalue weighted by Crippen LogP contribution is -1.98. The Kier molecular flexibility index (Phi) is 4.07. The Hall–Kier alpha value is -1.45. The molecule has 0 saturated carbocycles. The van der Waals surface area contributed by atoms with E-state index in [4.69, 9.17) is 5.73 Å². The first kappa shape index (κ1) is 12.0. The van der Waals surface area contributed by atoms with Crippen LogP contribution in [0.15, 0.2) is 59.5 Å². The van der Waals surface area contributed by atoms with Gasteiger partial charge < -0.3 is 5.73 Å². The Labute approximate surface area is 104 Å². The van der Waals surface area contributed by atoms with Gasteiger partial charge in [0.15, 0.2) is 0 Å². The standard InChI is InChI=1S/C14H15NOS/c15-10-12-6-8-13(9-7-12)11-17(16)14-4-2-1-3-5-14/h1-9H,10-11,15H2. The van der Waals surface area contributed by atoms with E-state index in [0.717, 1.165) is 16.0 Å². The molecular formula is C14H15NOS. The van der Waals surface area contributed by atoms with Crippen molar-refractivity contribution in [2.24, 2.45) is 5.73 Å². The maximum Gasteiger partial charge on any atom is 0.0574 e. The second-order valence-electron chi connectivity index (χ2n) is 3.82. The van der Waals surface area contributed by atoms with Gasteiger partial charge in [-0.25, -0.2) is 0 Å². The van der Waals surface area contributed by atoms with Crippen LogP contribution in [-0.2, 0) is 23.1 Å². The molecule has 2 aromatic rings. The van der Waals surface area contributed by atoms with E-state index in [1.807, 2.05) is 54.6 Å². The van der Waals surface area contributed by atoms with Crippen molar-refractivity contribution >= 4 is 10.8 Å². The molecule has 0 aromatic heterocycles. The van der Waals surface area contributed by atoms with Crippen LogP contribution in [0.2, 0.25) is 0 Å². The van der Waals surface area contributed by atoms with Gasteiger partial charge in [-0.2, -0.15) is 0 Å². The topological polar surface area (TPSA) is 43.1 Å². The summed E-state index contributed by atoms with van der Waals surface area (Å²) in [5, 5.41) is 0. The van der Waals surface area contributed by atoms with Crippen molar-refractivity contribution < 1.29 is 4.21 Å². The Bertz CT molecular complexity index is 493. The van der Waals surface area contributed by atoms with E-state index in [1.165, 1.54) is 0 Å². The zero-order valence-corrected chi connectivity index (χ0v) is 10.3. The van der Waals surface area contributed by atoms with Crippen LogP contribution in [0.5, 0.6) is 0 Å². The van der Waals surface area contributed by atoms with E-state index in [2.05, 4.69) is 0 Å². The molecule has 0 bridgehead atoms. The van der Waals surface area contributed by atoms with Gasteiger partial charge in [-0.3, -0.25) is 4.21 Å². The minimum absolute atomic E-state index is 0.544. The Morgan fingerprint density at radius 1 is 0.882 bits per heavy atom. The minimum Gasteiger partial charge on any atom is -0.326 e. The van der Waals surface area contributed by atoms with Gasteiger partial charge in [0.25, 0.3) is 0 Å². The third-order valence-corrected chi connectivity index (χ3v) is 3.96. The highest BCUT2D eigenvalue weighted by Crippen LogP contribution is 2.12. The van der Waals surface area contributed by atoms with Crippen molar-refractivity contribution in [1.29, 1.82) is 0 Å². The highest BCUT2D eigenvalue weighted by molar-refractivity contribution is 7.84. The predicted octanol–water partition coefficient (Wildman–Crippen LogP) is 2.45. The molecule has 88 valence electrons. The number of hydrogen-bond acceptors (Lipinski definition) is 2. The summed E-state index contributed by atoms with van der Waals surface area (Å²) in [6.07, 6.45) is 0. The molecule has 0 saturated heterocycles. The maximum atomic E-state index is 12.1. The lowest BCUT2D eigenvalue weighted by Gasteiger charge is -2.03. The maximum absolute atomic E-state index is 12.1. The zero-order chi connectivity index (χ0) is 12.1. The fourth-order valence-corrected chi connectivity index (χ4v) is 2.70. The molecule has 0 aliphatic heterocycles. The van der Waals surface area contributed by atoms with Gasteiger partial charge in [0.2, 0.25) is 0 Å². The molecule has 0 spiro atoms. The molecule has 0 amide bonds. The summed E-state index contributed by atoms with van der Waals surface area (Å²) in [7, 11) is -0.974. The van der Waals surface area contributed by atoms with Crippen LogP contribution in [-0.4, -0.2) is 4.21 Å². The Morgan fingerprint density at radius 2 is 1.47 bits per heavy atom. The van der Waals surface area contributed by atoms with Crippen LogP contribution in [0.4, 0.5) is 0 Å². The van der Waals surface area contributed by atoms with Gasteiger partial charge in [-0.05, 0) is 23.3 Å². The molecule has 3 heteroatoms. The molecule has 0 fully saturated rings. The van der Waals surface area contributed by atoms with Gasteiger partial charge in [0.05, 0.1) is 16.6 Å². The molecule has 2 nitrogen and oxygen atoms in total. The highest BCUT2D eigenvalue weighted by atomic mass is 32.2. The number of rotatable bonds is 4. The van der Waals surface area contributed by atoms with Crippen molar-refractivity contribution in [2.45, 2.75) is 17.2 Å². The van der Waals surface area contributed by atoms with E-state index in [0.29, 0.717) is 12.3 Å². The van der Waals surface area contributed by atoms with Crippen molar-refractivity contribution in [3.63, 3.8) is 0 Å². The first-order valence-electron chi connectivity index (χ1n) is 5.51. The van der Waals surface area contributed by atoms with E-state index < -0.39 is 10.8 Å². The van der Waals surface area contributed by atoms with E-state index >= 15 is 0 Å². The summed E-state index contributed by atoms with van der Waals surface area (Å²) in [5.41, 5.74) is 7.70. The number of benzene rings is 2. The van der Waals surface area contributed by atoms with E-state index in [-0.39, 0.29) is 0 Å². The summed E-state index contributed by atoms with van der Waals surface area (Å²) in [6, 6.07) is 17.5. The second-order valence-corrected chi connectivity index (χ2v) is 5.27. The third-order valence-electron chi connectivity index (χ3n) is 2.56. The molecular weight excluding hydrogens is 230 g/mol. The zero-order valence-electron chi connectivity index (χ0n) is 9.50. The summed E-state index contributed by atoms with van der Waals surface area (Å²) < 4.78 is 12.1. The molecule has 0 aliphatic carbocycles. The first-order chi connectivity index (χ1) is 8.29. The molecule has 2 aromatic carbocycles. The van der Waals surface area contributed by atoms with Gasteiger partial charge in [-0.15, -0.1) is 0 Å². The third kappa shape index (κ3) is 3.25. The number of hydrogen-bond donors (Lipinski definition) is 1. The highest BCUT2D eigenvalue weighted by Gasteiger charge is 2.04. The quantitative estimate of drug-likeness (QED) is 0.899. The van der Waals surface area contributed by atoms with Gasteiger partial charge in [-0.1, -0.05) is 42.5 Å². The SMILES string of the molecule is NCc1ccc(CS(=O)c2ccccc2)cc1. The monoisotopic (exact) mass is 245 g/mol. The van der Waals surface area contributed by atoms with Crippen LogP contribution >= 0.6 is 0 Å². The fourth-order valence-electron chi connectivity index (χ4n) is 1.58. The molecule has 2 rings (SSSR count).